The number of ether oxygens (including phenoxy) is 3. The van der Waals surface area contributed by atoms with Crippen LogP contribution in [-0.2, 0) is 4.79 Å². The molecule has 0 saturated heterocycles. The van der Waals surface area contributed by atoms with Crippen LogP contribution in [0.25, 0.3) is 0 Å². The first kappa shape index (κ1) is 24.6. The van der Waals surface area contributed by atoms with Gasteiger partial charge >= 0.3 is 0 Å². The van der Waals surface area contributed by atoms with Crippen LogP contribution in [0.5, 0.6) is 17.2 Å². The number of pyridine rings is 1. The second-order valence-electron chi connectivity index (χ2n) is 8.45. The molecule has 0 bridgehead atoms. The van der Waals surface area contributed by atoms with Crippen LogP contribution in [0.4, 0.5) is 5.69 Å². The molecule has 2 heterocycles. The van der Waals surface area contributed by atoms with Crippen LogP contribution in [0, 0.1) is 0 Å². The molecule has 0 radical (unpaired) electrons. The van der Waals surface area contributed by atoms with Crippen molar-refractivity contribution in [3.63, 3.8) is 0 Å². The Hall–Kier alpha value is -4.08. The summed E-state index contributed by atoms with van der Waals surface area (Å²) in [6.45, 7) is 5.60. The second kappa shape index (κ2) is 10.2. The summed E-state index contributed by atoms with van der Waals surface area (Å²) >= 11 is 0. The summed E-state index contributed by atoms with van der Waals surface area (Å²) in [5.74, 6) is 0.160. The lowest BCUT2D eigenvalue weighted by atomic mass is 10.0. The topological polar surface area (TPSA) is 119 Å². The highest BCUT2D eigenvalue weighted by atomic mass is 16.5. The molecule has 1 unspecified atom stereocenters. The maximum atomic E-state index is 13.8. The van der Waals surface area contributed by atoms with Crippen LogP contribution in [-0.4, -0.2) is 53.6 Å². The number of hydrogen-bond donors (Lipinski definition) is 2. The predicted molar refractivity (Wildman–Crippen MR) is 126 cm³/mol. The summed E-state index contributed by atoms with van der Waals surface area (Å²) < 4.78 is 16.4. The molecule has 1 atom stereocenters. The highest BCUT2D eigenvalue weighted by molar-refractivity contribution is 6.09. The van der Waals surface area contributed by atoms with E-state index in [4.69, 9.17) is 14.2 Å². The zero-order valence-electron chi connectivity index (χ0n) is 20.1. The molecule has 0 aliphatic heterocycles. The average Bonchev–Trinajstić information content (AvgIpc) is 3.35. The smallest absolute Gasteiger partial charge is 0.277 e. The quantitative estimate of drug-likeness (QED) is 0.522. The van der Waals surface area contributed by atoms with E-state index in [0.717, 1.165) is 0 Å². The van der Waals surface area contributed by atoms with Crippen molar-refractivity contribution >= 4 is 17.5 Å². The number of hydrogen-bond acceptors (Lipinski definition) is 7. The summed E-state index contributed by atoms with van der Waals surface area (Å²) in [5.41, 5.74) is 0.527. The molecule has 34 heavy (non-hydrogen) atoms. The summed E-state index contributed by atoms with van der Waals surface area (Å²) in [5, 5.41) is 2.97. The molecule has 3 aromatic rings. The zero-order chi connectivity index (χ0) is 24.9. The number of aromatic nitrogens is 3. The number of benzene rings is 1. The third kappa shape index (κ3) is 5.28. The van der Waals surface area contributed by atoms with E-state index in [2.05, 4.69) is 20.3 Å². The molecule has 0 spiro atoms. The Morgan fingerprint density at radius 3 is 2.18 bits per heavy atom. The number of rotatable bonds is 8. The van der Waals surface area contributed by atoms with E-state index in [1.165, 1.54) is 38.8 Å². The van der Waals surface area contributed by atoms with Gasteiger partial charge in [-0.3, -0.25) is 19.5 Å². The number of carbonyl (C=O) groups excluding carboxylic acids is 2. The van der Waals surface area contributed by atoms with Crippen LogP contribution in [0.1, 0.15) is 42.9 Å². The molecule has 10 nitrogen and oxygen atoms in total. The zero-order valence-corrected chi connectivity index (χ0v) is 20.1. The van der Waals surface area contributed by atoms with Crippen molar-refractivity contribution in [2.24, 2.45) is 0 Å². The van der Waals surface area contributed by atoms with Gasteiger partial charge < -0.3 is 24.5 Å². The van der Waals surface area contributed by atoms with Crippen molar-refractivity contribution < 1.29 is 23.8 Å². The molecule has 0 fully saturated rings. The molecule has 180 valence electrons. The van der Waals surface area contributed by atoms with Gasteiger partial charge in [-0.15, -0.1) is 0 Å². The van der Waals surface area contributed by atoms with Crippen molar-refractivity contribution in [2.45, 2.75) is 32.4 Å². The van der Waals surface area contributed by atoms with Gasteiger partial charge in [0, 0.05) is 35.6 Å². The molecule has 0 aliphatic rings. The number of nitrogens with one attached hydrogen (secondary N) is 2. The molecule has 3 rings (SSSR count). The van der Waals surface area contributed by atoms with Crippen molar-refractivity contribution in [3.8, 4) is 17.2 Å². The number of amides is 2. The number of aromatic amines is 1. The van der Waals surface area contributed by atoms with Crippen LogP contribution >= 0.6 is 0 Å². The lowest BCUT2D eigenvalue weighted by Gasteiger charge is -2.33. The van der Waals surface area contributed by atoms with E-state index in [1.807, 2.05) is 20.8 Å². The minimum absolute atomic E-state index is 0.200. The maximum Gasteiger partial charge on any atom is 0.277 e. The van der Waals surface area contributed by atoms with Gasteiger partial charge in [-0.2, -0.15) is 0 Å². The summed E-state index contributed by atoms with van der Waals surface area (Å²) in [6.07, 6.45) is 5.95. The Labute approximate surface area is 198 Å². The largest absolute Gasteiger partial charge is 0.493 e. The van der Waals surface area contributed by atoms with E-state index < -0.39 is 17.5 Å². The van der Waals surface area contributed by atoms with Gasteiger partial charge in [0.25, 0.3) is 5.91 Å². The average molecular weight is 468 g/mol. The van der Waals surface area contributed by atoms with Crippen molar-refractivity contribution in [3.05, 3.63) is 60.4 Å². The fourth-order valence-electron chi connectivity index (χ4n) is 3.49. The van der Waals surface area contributed by atoms with Gasteiger partial charge in [0.15, 0.2) is 11.5 Å². The van der Waals surface area contributed by atoms with E-state index in [9.17, 15) is 9.59 Å². The first-order valence-corrected chi connectivity index (χ1v) is 10.5. The van der Waals surface area contributed by atoms with Crippen molar-refractivity contribution in [2.75, 3.05) is 26.2 Å². The lowest BCUT2D eigenvalue weighted by Crippen LogP contribution is -2.49. The summed E-state index contributed by atoms with van der Waals surface area (Å²) in [6, 6.07) is 5.62. The van der Waals surface area contributed by atoms with Crippen LogP contribution in [0.3, 0.4) is 0 Å². The molecule has 2 amide bonds. The van der Waals surface area contributed by atoms with E-state index in [1.54, 1.807) is 36.7 Å². The molecule has 0 saturated carbocycles. The van der Waals surface area contributed by atoms with Gasteiger partial charge in [0.05, 0.1) is 39.5 Å². The number of imidazole rings is 1. The molecule has 1 aromatic carbocycles. The minimum Gasteiger partial charge on any atom is -0.493 e. The van der Waals surface area contributed by atoms with Crippen LogP contribution < -0.4 is 24.4 Å². The summed E-state index contributed by atoms with van der Waals surface area (Å²) in [7, 11) is 4.45. The lowest BCUT2D eigenvalue weighted by molar-refractivity contribution is -0.123. The number of nitrogens with zero attached hydrogens (tertiary/aromatic N) is 3. The van der Waals surface area contributed by atoms with E-state index in [0.29, 0.717) is 28.5 Å². The Morgan fingerprint density at radius 1 is 1.03 bits per heavy atom. The Morgan fingerprint density at radius 2 is 1.71 bits per heavy atom. The standard InChI is InChI=1S/C24H29N5O5/c1-24(2,3)28-22(30)20(15-8-7-9-25-12-15)29(23(31)17-13-26-14-27-17)16-10-18(32-4)21(34-6)19(11-16)33-5/h7-14,20H,1-6H3,(H,26,27)(H,28,30). The van der Waals surface area contributed by atoms with Gasteiger partial charge in [-0.05, 0) is 26.8 Å². The number of anilines is 1. The monoisotopic (exact) mass is 467 g/mol. The highest BCUT2D eigenvalue weighted by Crippen LogP contribution is 2.43. The molecule has 0 aliphatic carbocycles. The molecule has 2 N–H and O–H groups in total. The predicted octanol–water partition coefficient (Wildman–Crippen LogP) is 3.13. The third-order valence-corrected chi connectivity index (χ3v) is 4.88. The number of carbonyl (C=O) groups is 2. The molecule has 2 aromatic heterocycles. The second-order valence-corrected chi connectivity index (χ2v) is 8.45. The van der Waals surface area contributed by atoms with Gasteiger partial charge in [-0.25, -0.2) is 4.98 Å². The number of methoxy groups -OCH3 is 3. The van der Waals surface area contributed by atoms with E-state index >= 15 is 0 Å². The maximum absolute atomic E-state index is 13.8. The normalized spacial score (nSPS) is 11.9. The minimum atomic E-state index is -1.06. The van der Waals surface area contributed by atoms with Crippen LogP contribution in [0.15, 0.2) is 49.2 Å². The Bertz CT molecular complexity index is 1100. The van der Waals surface area contributed by atoms with Crippen LogP contribution in [0.2, 0.25) is 0 Å². The summed E-state index contributed by atoms with van der Waals surface area (Å²) in [4.78, 5) is 39.7. The van der Waals surface area contributed by atoms with Gasteiger partial charge in [0.2, 0.25) is 11.7 Å². The fourth-order valence-corrected chi connectivity index (χ4v) is 3.49. The van der Waals surface area contributed by atoms with Crippen molar-refractivity contribution in [1.82, 2.24) is 20.3 Å². The highest BCUT2D eigenvalue weighted by Gasteiger charge is 2.36. The SMILES string of the molecule is COc1cc(N(C(=O)c2cnc[nH]2)C(C(=O)NC(C)(C)C)c2cccnc2)cc(OC)c1OC. The van der Waals surface area contributed by atoms with Crippen molar-refractivity contribution in [1.29, 1.82) is 0 Å². The first-order chi connectivity index (χ1) is 16.2. The first-order valence-electron chi connectivity index (χ1n) is 10.5. The molecular weight excluding hydrogens is 438 g/mol. The van der Waals surface area contributed by atoms with E-state index in [-0.39, 0.29) is 11.6 Å². The fraction of sp³-hybridized carbons (Fsp3) is 0.333. The van der Waals surface area contributed by atoms with Gasteiger partial charge in [-0.1, -0.05) is 6.07 Å². The molecular formula is C24H29N5O5. The third-order valence-electron chi connectivity index (χ3n) is 4.88. The van der Waals surface area contributed by atoms with Gasteiger partial charge in [0.1, 0.15) is 11.7 Å². The Kier molecular flexibility index (Phi) is 7.40. The molecule has 10 heteroatoms. The number of H-pyrrole nitrogens is 1. The Balaban J connectivity index is 2.27.